The Kier molecular flexibility index (Phi) is 3.28. The van der Waals surface area contributed by atoms with Crippen molar-refractivity contribution in [3.8, 4) is 0 Å². The summed E-state index contributed by atoms with van der Waals surface area (Å²) in [6.07, 6.45) is 3.05. The molecule has 5 heteroatoms. The lowest BCUT2D eigenvalue weighted by molar-refractivity contribution is 0.156. The van der Waals surface area contributed by atoms with Gasteiger partial charge >= 0.3 is 12.1 Å². The quantitative estimate of drug-likeness (QED) is 0.706. The highest BCUT2D eigenvalue weighted by atomic mass is 16.2. The number of urea groups is 2. The molecule has 0 aliphatic carbocycles. The Morgan fingerprint density at radius 3 is 2.20 bits per heavy atom. The van der Waals surface area contributed by atoms with Gasteiger partial charge in [0.15, 0.2) is 0 Å². The molecule has 1 aliphatic rings. The molecular formula is C10H13N3O2. The highest BCUT2D eigenvalue weighted by Crippen LogP contribution is 2.11. The van der Waals surface area contributed by atoms with Gasteiger partial charge in [-0.05, 0) is 0 Å². The highest BCUT2D eigenvalue weighted by Gasteiger charge is 2.32. The third kappa shape index (κ3) is 2.07. The van der Waals surface area contributed by atoms with Crippen LogP contribution < -0.4 is 5.32 Å². The van der Waals surface area contributed by atoms with Crippen molar-refractivity contribution in [1.29, 1.82) is 0 Å². The fourth-order valence-corrected chi connectivity index (χ4v) is 1.21. The molecule has 0 spiro atoms. The first kappa shape index (κ1) is 11.0. The summed E-state index contributed by atoms with van der Waals surface area (Å²) in [6.45, 7) is 11.1. The van der Waals surface area contributed by atoms with Gasteiger partial charge < -0.3 is 0 Å². The lowest BCUT2D eigenvalue weighted by Gasteiger charge is -2.34. The van der Waals surface area contributed by atoms with Gasteiger partial charge in [-0.15, -0.1) is 13.2 Å². The largest absolute Gasteiger partial charge is 0.334 e. The van der Waals surface area contributed by atoms with E-state index in [9.17, 15) is 9.59 Å². The SMILES string of the molecule is C=CCN1C(=C)NC(=O)N(CC=C)C1=O. The van der Waals surface area contributed by atoms with Crippen LogP contribution >= 0.6 is 0 Å². The average molecular weight is 207 g/mol. The first-order valence-electron chi connectivity index (χ1n) is 4.42. The van der Waals surface area contributed by atoms with E-state index < -0.39 is 12.1 Å². The van der Waals surface area contributed by atoms with Crippen molar-refractivity contribution in [3.63, 3.8) is 0 Å². The predicted molar refractivity (Wildman–Crippen MR) is 56.9 cm³/mol. The van der Waals surface area contributed by atoms with Crippen molar-refractivity contribution < 1.29 is 9.59 Å². The minimum Gasteiger partial charge on any atom is -0.294 e. The van der Waals surface area contributed by atoms with E-state index in [1.807, 2.05) is 0 Å². The standard InChI is InChI=1S/C10H13N3O2/c1-4-6-12-8(3)11-9(14)13(7-5-2)10(12)15/h4-5H,1-3,6-7H2,(H,11,14). The Labute approximate surface area is 88.3 Å². The normalized spacial score (nSPS) is 16.4. The number of nitrogens with zero attached hydrogens (tertiary/aromatic N) is 2. The van der Waals surface area contributed by atoms with E-state index >= 15 is 0 Å². The Balaban J connectivity index is 2.88. The van der Waals surface area contributed by atoms with Crippen molar-refractivity contribution in [1.82, 2.24) is 15.1 Å². The van der Waals surface area contributed by atoms with Gasteiger partial charge in [-0.1, -0.05) is 18.7 Å². The second-order valence-electron chi connectivity index (χ2n) is 2.96. The molecule has 0 radical (unpaired) electrons. The van der Waals surface area contributed by atoms with Crippen LogP contribution in [0.4, 0.5) is 9.59 Å². The zero-order valence-electron chi connectivity index (χ0n) is 8.40. The highest BCUT2D eigenvalue weighted by molar-refractivity contribution is 5.98. The summed E-state index contributed by atoms with van der Waals surface area (Å²) in [4.78, 5) is 25.5. The summed E-state index contributed by atoms with van der Waals surface area (Å²) in [5, 5.41) is 2.48. The lowest BCUT2D eigenvalue weighted by Crippen LogP contribution is -2.57. The van der Waals surface area contributed by atoms with Crippen LogP contribution in [-0.2, 0) is 0 Å². The summed E-state index contributed by atoms with van der Waals surface area (Å²) >= 11 is 0. The Bertz CT molecular complexity index is 306. The van der Waals surface area contributed by atoms with E-state index in [1.54, 1.807) is 6.08 Å². The molecule has 1 aliphatic heterocycles. The summed E-state index contributed by atoms with van der Waals surface area (Å²) in [6, 6.07) is -0.895. The second-order valence-corrected chi connectivity index (χ2v) is 2.96. The van der Waals surface area contributed by atoms with Gasteiger partial charge in [0.05, 0.1) is 6.54 Å². The molecule has 0 aromatic rings. The molecule has 0 unspecified atom stereocenters. The van der Waals surface area contributed by atoms with Crippen molar-refractivity contribution in [2.45, 2.75) is 0 Å². The molecule has 0 saturated carbocycles. The van der Waals surface area contributed by atoms with Crippen LogP contribution in [0.15, 0.2) is 37.7 Å². The maximum atomic E-state index is 11.8. The maximum Gasteiger partial charge on any atom is 0.334 e. The van der Waals surface area contributed by atoms with Crippen molar-refractivity contribution >= 4 is 12.1 Å². The van der Waals surface area contributed by atoms with Crippen LogP contribution in [0.25, 0.3) is 0 Å². The monoisotopic (exact) mass is 207 g/mol. The van der Waals surface area contributed by atoms with Gasteiger partial charge in [-0.25, -0.2) is 14.5 Å². The van der Waals surface area contributed by atoms with Gasteiger partial charge in [-0.2, -0.15) is 0 Å². The molecule has 4 amide bonds. The molecule has 15 heavy (non-hydrogen) atoms. The van der Waals surface area contributed by atoms with Crippen molar-refractivity contribution in [3.05, 3.63) is 37.7 Å². The maximum absolute atomic E-state index is 11.8. The lowest BCUT2D eigenvalue weighted by atomic mass is 10.4. The number of hydrogen-bond donors (Lipinski definition) is 1. The second kappa shape index (κ2) is 4.45. The summed E-state index contributed by atoms with van der Waals surface area (Å²) < 4.78 is 0. The molecular weight excluding hydrogens is 194 g/mol. The van der Waals surface area contributed by atoms with Gasteiger partial charge in [0.1, 0.15) is 5.82 Å². The van der Waals surface area contributed by atoms with Crippen LogP contribution in [0.1, 0.15) is 0 Å². The smallest absolute Gasteiger partial charge is 0.294 e. The van der Waals surface area contributed by atoms with Crippen LogP contribution in [0.3, 0.4) is 0 Å². The predicted octanol–water partition coefficient (Wildman–Crippen LogP) is 1.28. The molecule has 0 aromatic heterocycles. The topological polar surface area (TPSA) is 52.7 Å². The van der Waals surface area contributed by atoms with E-state index in [1.165, 1.54) is 11.0 Å². The van der Waals surface area contributed by atoms with E-state index in [2.05, 4.69) is 25.1 Å². The fraction of sp³-hybridized carbons (Fsp3) is 0.200. The van der Waals surface area contributed by atoms with Crippen LogP contribution in [0.2, 0.25) is 0 Å². The van der Waals surface area contributed by atoms with E-state index in [0.717, 1.165) is 4.90 Å². The number of amides is 4. The minimum atomic E-state index is -0.481. The molecule has 0 atom stereocenters. The molecule has 1 saturated heterocycles. The van der Waals surface area contributed by atoms with Crippen molar-refractivity contribution in [2.75, 3.05) is 13.1 Å². The van der Waals surface area contributed by atoms with Crippen molar-refractivity contribution in [2.24, 2.45) is 0 Å². The van der Waals surface area contributed by atoms with Crippen LogP contribution in [-0.4, -0.2) is 35.0 Å². The molecule has 1 N–H and O–H groups in total. The third-order valence-corrected chi connectivity index (χ3v) is 1.91. The van der Waals surface area contributed by atoms with E-state index in [4.69, 9.17) is 0 Å². The first-order chi connectivity index (χ1) is 7.11. The van der Waals surface area contributed by atoms with E-state index in [-0.39, 0.29) is 12.4 Å². The minimum absolute atomic E-state index is 0.172. The number of carbonyl (C=O) groups excluding carboxylic acids is 2. The number of rotatable bonds is 4. The molecule has 1 rings (SSSR count). The molecule has 80 valence electrons. The number of nitrogens with one attached hydrogen (secondary N) is 1. The van der Waals surface area contributed by atoms with Gasteiger partial charge in [0.25, 0.3) is 0 Å². The average Bonchev–Trinajstić information content (AvgIpc) is 2.19. The Morgan fingerprint density at radius 2 is 1.67 bits per heavy atom. The first-order valence-corrected chi connectivity index (χ1v) is 4.42. The summed E-state index contributed by atoms with van der Waals surface area (Å²) in [5.41, 5.74) is 0. The third-order valence-electron chi connectivity index (χ3n) is 1.91. The number of imide groups is 1. The molecule has 0 aromatic carbocycles. The Morgan fingerprint density at radius 1 is 1.13 bits per heavy atom. The summed E-state index contributed by atoms with van der Waals surface area (Å²) in [7, 11) is 0. The molecule has 5 nitrogen and oxygen atoms in total. The summed E-state index contributed by atoms with van der Waals surface area (Å²) in [5.74, 6) is 0.269. The number of hydrogen-bond acceptors (Lipinski definition) is 2. The van der Waals surface area contributed by atoms with Crippen LogP contribution in [0, 0.1) is 0 Å². The molecule has 1 heterocycles. The van der Waals surface area contributed by atoms with E-state index in [0.29, 0.717) is 6.54 Å². The van der Waals surface area contributed by atoms with Gasteiger partial charge in [0, 0.05) is 6.54 Å². The zero-order valence-corrected chi connectivity index (χ0v) is 8.40. The molecule has 0 bridgehead atoms. The number of carbonyl (C=O) groups is 2. The van der Waals surface area contributed by atoms with Gasteiger partial charge in [-0.3, -0.25) is 10.2 Å². The Hall–Kier alpha value is -2.04. The fourth-order valence-electron chi connectivity index (χ4n) is 1.21. The van der Waals surface area contributed by atoms with Crippen LogP contribution in [0.5, 0.6) is 0 Å². The molecule has 1 fully saturated rings. The van der Waals surface area contributed by atoms with Gasteiger partial charge in [0.2, 0.25) is 0 Å². The zero-order chi connectivity index (χ0) is 11.4.